The quantitative estimate of drug-likeness (QED) is 0.884. The second-order valence-electron chi connectivity index (χ2n) is 3.61. The third-order valence-corrected chi connectivity index (χ3v) is 3.97. The van der Waals surface area contributed by atoms with E-state index in [1.165, 1.54) is 4.90 Å². The molecular formula is C11H13BrN4S. The number of aryl methyl sites for hydroxylation is 1. The van der Waals surface area contributed by atoms with Gasteiger partial charge in [0.15, 0.2) is 4.60 Å². The van der Waals surface area contributed by atoms with Crippen molar-refractivity contribution in [3.8, 4) is 0 Å². The highest BCUT2D eigenvalue weighted by Crippen LogP contribution is 2.30. The molecule has 0 spiro atoms. The number of hydrogen-bond acceptors (Lipinski definition) is 4. The van der Waals surface area contributed by atoms with Crippen molar-refractivity contribution in [2.45, 2.75) is 10.9 Å². The van der Waals surface area contributed by atoms with Gasteiger partial charge in [-0.25, -0.2) is 4.68 Å². The smallest absolute Gasteiger partial charge is 0.153 e. The monoisotopic (exact) mass is 312 g/mol. The van der Waals surface area contributed by atoms with Gasteiger partial charge in [-0.1, -0.05) is 23.4 Å². The van der Waals surface area contributed by atoms with E-state index in [1.54, 1.807) is 16.4 Å². The van der Waals surface area contributed by atoms with Gasteiger partial charge in [0.1, 0.15) is 0 Å². The lowest BCUT2D eigenvalue weighted by molar-refractivity contribution is 0.647. The average Bonchev–Trinajstić information content (AvgIpc) is 2.68. The summed E-state index contributed by atoms with van der Waals surface area (Å²) in [5.41, 5.74) is 8.26. The number of thioether (sulfide) groups is 1. The van der Waals surface area contributed by atoms with Gasteiger partial charge in [0.25, 0.3) is 0 Å². The van der Waals surface area contributed by atoms with Crippen LogP contribution in [0.4, 0.5) is 0 Å². The summed E-state index contributed by atoms with van der Waals surface area (Å²) >= 11 is 5.07. The predicted octanol–water partition coefficient (Wildman–Crippen LogP) is 2.35. The number of benzene rings is 1. The Bertz CT molecular complexity index is 506. The number of hydrogen-bond donors (Lipinski definition) is 1. The largest absolute Gasteiger partial charge is 0.319 e. The van der Waals surface area contributed by atoms with Gasteiger partial charge in [-0.15, -0.1) is 16.9 Å². The lowest BCUT2D eigenvalue weighted by Crippen LogP contribution is -2.17. The first kappa shape index (κ1) is 12.6. The van der Waals surface area contributed by atoms with E-state index in [0.29, 0.717) is 4.60 Å². The van der Waals surface area contributed by atoms with E-state index in [9.17, 15) is 0 Å². The maximum absolute atomic E-state index is 6.29. The molecule has 2 rings (SSSR count). The van der Waals surface area contributed by atoms with E-state index in [0.717, 1.165) is 11.3 Å². The first-order valence-electron chi connectivity index (χ1n) is 5.08. The Kier molecular flexibility index (Phi) is 3.86. The Hall–Kier alpha value is -0.850. The van der Waals surface area contributed by atoms with Crippen molar-refractivity contribution in [1.82, 2.24) is 15.0 Å². The molecule has 0 saturated carbocycles. The van der Waals surface area contributed by atoms with E-state index in [-0.39, 0.29) is 6.04 Å². The molecule has 1 aromatic carbocycles. The SMILES string of the molecule is CSc1ccccc1C(N)c1c(Br)nnn1C. The van der Waals surface area contributed by atoms with Gasteiger partial charge in [0, 0.05) is 11.9 Å². The van der Waals surface area contributed by atoms with Gasteiger partial charge in [0.2, 0.25) is 0 Å². The first-order chi connectivity index (χ1) is 8.15. The molecule has 2 N–H and O–H groups in total. The average molecular weight is 313 g/mol. The molecule has 6 heteroatoms. The zero-order valence-corrected chi connectivity index (χ0v) is 12.0. The van der Waals surface area contributed by atoms with Crippen LogP contribution in [0.1, 0.15) is 17.3 Å². The Morgan fingerprint density at radius 2 is 2.12 bits per heavy atom. The molecular weight excluding hydrogens is 300 g/mol. The van der Waals surface area contributed by atoms with Crippen LogP contribution in [-0.4, -0.2) is 21.2 Å². The van der Waals surface area contributed by atoms with E-state index in [2.05, 4.69) is 32.3 Å². The lowest BCUT2D eigenvalue weighted by Gasteiger charge is -2.15. The minimum Gasteiger partial charge on any atom is -0.319 e. The summed E-state index contributed by atoms with van der Waals surface area (Å²) in [6, 6.07) is 7.88. The Morgan fingerprint density at radius 3 is 2.71 bits per heavy atom. The fourth-order valence-electron chi connectivity index (χ4n) is 1.74. The van der Waals surface area contributed by atoms with Crippen molar-refractivity contribution in [2.75, 3.05) is 6.26 Å². The highest BCUT2D eigenvalue weighted by atomic mass is 79.9. The standard InChI is InChI=1S/C11H13BrN4S/c1-16-10(11(12)14-15-16)9(13)7-5-3-4-6-8(7)17-2/h3-6,9H,13H2,1-2H3. The van der Waals surface area contributed by atoms with Crippen LogP contribution >= 0.6 is 27.7 Å². The molecule has 0 aliphatic rings. The molecule has 0 bridgehead atoms. The maximum atomic E-state index is 6.29. The van der Waals surface area contributed by atoms with Crippen molar-refractivity contribution >= 4 is 27.7 Å². The molecule has 0 fully saturated rings. The summed E-state index contributed by atoms with van der Waals surface area (Å²) in [5.74, 6) is 0. The third kappa shape index (κ3) is 2.38. The molecule has 1 atom stereocenters. The Balaban J connectivity index is 2.47. The van der Waals surface area contributed by atoms with Gasteiger partial charge >= 0.3 is 0 Å². The van der Waals surface area contributed by atoms with Gasteiger partial charge < -0.3 is 5.73 Å². The minimum absolute atomic E-state index is 0.229. The van der Waals surface area contributed by atoms with Gasteiger partial charge in [0.05, 0.1) is 11.7 Å². The summed E-state index contributed by atoms with van der Waals surface area (Å²) in [4.78, 5) is 1.17. The van der Waals surface area contributed by atoms with Crippen LogP contribution in [0.25, 0.3) is 0 Å². The van der Waals surface area contributed by atoms with E-state index >= 15 is 0 Å². The fraction of sp³-hybridized carbons (Fsp3) is 0.273. The topological polar surface area (TPSA) is 56.7 Å². The second-order valence-corrected chi connectivity index (χ2v) is 5.21. The molecule has 0 saturated heterocycles. The zero-order valence-electron chi connectivity index (χ0n) is 9.59. The van der Waals surface area contributed by atoms with Crippen molar-refractivity contribution in [3.05, 3.63) is 40.1 Å². The number of rotatable bonds is 3. The molecule has 0 aliphatic heterocycles. The normalized spacial score (nSPS) is 12.7. The van der Waals surface area contributed by atoms with Crippen molar-refractivity contribution in [1.29, 1.82) is 0 Å². The van der Waals surface area contributed by atoms with Crippen molar-refractivity contribution in [3.63, 3.8) is 0 Å². The van der Waals surface area contributed by atoms with E-state index < -0.39 is 0 Å². The zero-order chi connectivity index (χ0) is 12.4. The van der Waals surface area contributed by atoms with Crippen LogP contribution in [0.15, 0.2) is 33.8 Å². The molecule has 0 radical (unpaired) electrons. The number of aromatic nitrogens is 3. The summed E-state index contributed by atoms with van der Waals surface area (Å²) in [6.45, 7) is 0. The lowest BCUT2D eigenvalue weighted by atomic mass is 10.1. The number of nitrogens with two attached hydrogens (primary N) is 1. The summed E-state index contributed by atoms with van der Waals surface area (Å²) in [5, 5.41) is 7.91. The molecule has 17 heavy (non-hydrogen) atoms. The Labute approximate surface area is 113 Å². The second kappa shape index (κ2) is 5.20. The molecule has 4 nitrogen and oxygen atoms in total. The molecule has 0 amide bonds. The van der Waals surface area contributed by atoms with Crippen LogP contribution in [0.2, 0.25) is 0 Å². The number of halogens is 1. The third-order valence-electron chi connectivity index (χ3n) is 2.60. The highest BCUT2D eigenvalue weighted by molar-refractivity contribution is 9.10. The summed E-state index contributed by atoms with van der Waals surface area (Å²) in [7, 11) is 1.84. The van der Waals surface area contributed by atoms with Crippen LogP contribution in [0.5, 0.6) is 0 Å². The highest BCUT2D eigenvalue weighted by Gasteiger charge is 2.20. The van der Waals surface area contributed by atoms with Gasteiger partial charge in [-0.3, -0.25) is 0 Å². The van der Waals surface area contributed by atoms with Crippen LogP contribution in [-0.2, 0) is 7.05 Å². The fourth-order valence-corrected chi connectivity index (χ4v) is 2.96. The maximum Gasteiger partial charge on any atom is 0.153 e. The van der Waals surface area contributed by atoms with Crippen LogP contribution in [0.3, 0.4) is 0 Å². The Morgan fingerprint density at radius 1 is 1.41 bits per heavy atom. The summed E-state index contributed by atoms with van der Waals surface area (Å²) < 4.78 is 2.40. The van der Waals surface area contributed by atoms with Crippen molar-refractivity contribution in [2.24, 2.45) is 12.8 Å². The molecule has 1 unspecified atom stereocenters. The molecule has 1 aromatic heterocycles. The summed E-state index contributed by atoms with van der Waals surface area (Å²) in [6.07, 6.45) is 2.04. The van der Waals surface area contributed by atoms with Gasteiger partial charge in [-0.2, -0.15) is 0 Å². The molecule has 1 heterocycles. The van der Waals surface area contributed by atoms with E-state index in [1.807, 2.05) is 31.5 Å². The number of nitrogens with zero attached hydrogens (tertiary/aromatic N) is 3. The first-order valence-corrected chi connectivity index (χ1v) is 7.10. The molecule has 2 aromatic rings. The minimum atomic E-state index is -0.229. The molecule has 90 valence electrons. The van der Waals surface area contributed by atoms with Crippen LogP contribution < -0.4 is 5.73 Å². The van der Waals surface area contributed by atoms with Crippen molar-refractivity contribution < 1.29 is 0 Å². The van der Waals surface area contributed by atoms with E-state index in [4.69, 9.17) is 5.73 Å². The molecule has 0 aliphatic carbocycles. The van der Waals surface area contributed by atoms with Crippen LogP contribution in [0, 0.1) is 0 Å². The predicted molar refractivity (Wildman–Crippen MR) is 73.0 cm³/mol. The van der Waals surface area contributed by atoms with Gasteiger partial charge in [-0.05, 0) is 33.8 Å².